The van der Waals surface area contributed by atoms with E-state index in [1.165, 1.54) is 13.2 Å². The smallest absolute Gasteiger partial charge is 0.335 e. The molecule has 1 fully saturated rings. The number of aromatic hydroxyl groups is 1. The fourth-order valence-electron chi connectivity index (χ4n) is 3.57. The maximum absolute atomic E-state index is 12.7. The number of benzene rings is 2. The molecular formula is C22H20O11. The van der Waals surface area contributed by atoms with Crippen molar-refractivity contribution in [1.29, 1.82) is 0 Å². The van der Waals surface area contributed by atoms with Gasteiger partial charge < -0.3 is 44.2 Å². The molecule has 1 aliphatic rings. The van der Waals surface area contributed by atoms with Crippen molar-refractivity contribution >= 4 is 16.9 Å². The van der Waals surface area contributed by atoms with E-state index in [1.807, 2.05) is 0 Å². The predicted octanol–water partition coefficient (Wildman–Crippen LogP) is 0.445. The van der Waals surface area contributed by atoms with Crippen molar-refractivity contribution in [2.45, 2.75) is 30.7 Å². The third-order valence-corrected chi connectivity index (χ3v) is 5.22. The maximum atomic E-state index is 12.7. The molecule has 0 spiro atoms. The van der Waals surface area contributed by atoms with Gasteiger partial charge in [-0.3, -0.25) is 4.79 Å². The third kappa shape index (κ3) is 3.98. The van der Waals surface area contributed by atoms with Gasteiger partial charge in [0.25, 0.3) is 0 Å². The first-order valence-corrected chi connectivity index (χ1v) is 9.75. The Morgan fingerprint density at radius 1 is 1.03 bits per heavy atom. The number of hydrogen-bond donors (Lipinski definition) is 5. The topological polar surface area (TPSA) is 176 Å². The summed E-state index contributed by atoms with van der Waals surface area (Å²) >= 11 is 0. The number of carboxylic acid groups (broad SMARTS) is 1. The van der Waals surface area contributed by atoms with Gasteiger partial charge >= 0.3 is 5.97 Å². The second-order valence-electron chi connectivity index (χ2n) is 7.33. The molecule has 2 aromatic carbocycles. The molecule has 0 aliphatic carbocycles. The number of phenolic OH excluding ortho intramolecular Hbond substituents is 1. The van der Waals surface area contributed by atoms with Crippen LogP contribution in [0.25, 0.3) is 22.3 Å². The first-order chi connectivity index (χ1) is 15.7. The van der Waals surface area contributed by atoms with Crippen molar-refractivity contribution in [3.8, 4) is 28.6 Å². The number of carbonyl (C=O) groups is 1. The van der Waals surface area contributed by atoms with Crippen LogP contribution in [0.1, 0.15) is 0 Å². The van der Waals surface area contributed by atoms with Crippen molar-refractivity contribution in [1.82, 2.24) is 0 Å². The highest BCUT2D eigenvalue weighted by Crippen LogP contribution is 2.42. The molecule has 3 aromatic rings. The summed E-state index contributed by atoms with van der Waals surface area (Å²) in [5, 5.41) is 49.5. The van der Waals surface area contributed by atoms with Gasteiger partial charge in [-0.1, -0.05) is 30.3 Å². The van der Waals surface area contributed by atoms with E-state index in [2.05, 4.69) is 0 Å². The van der Waals surface area contributed by atoms with Gasteiger partial charge in [-0.15, -0.1) is 0 Å². The lowest BCUT2D eigenvalue weighted by molar-refractivity contribution is -0.271. The van der Waals surface area contributed by atoms with E-state index in [-0.39, 0.29) is 28.2 Å². The van der Waals surface area contributed by atoms with Crippen LogP contribution >= 0.6 is 0 Å². The van der Waals surface area contributed by atoms with Crippen LogP contribution in [0.3, 0.4) is 0 Å². The van der Waals surface area contributed by atoms with Gasteiger partial charge in [-0.25, -0.2) is 4.79 Å². The molecule has 5 N–H and O–H groups in total. The number of methoxy groups -OCH3 is 1. The minimum Gasteiger partial charge on any atom is -0.507 e. The molecule has 0 bridgehead atoms. The Morgan fingerprint density at radius 2 is 1.73 bits per heavy atom. The molecule has 174 valence electrons. The van der Waals surface area contributed by atoms with E-state index in [0.717, 1.165) is 6.07 Å². The number of aliphatic carboxylic acids is 1. The van der Waals surface area contributed by atoms with E-state index >= 15 is 0 Å². The van der Waals surface area contributed by atoms with Crippen LogP contribution in [-0.4, -0.2) is 69.3 Å². The Hall–Kier alpha value is -3.64. The van der Waals surface area contributed by atoms with Gasteiger partial charge in [0, 0.05) is 17.7 Å². The van der Waals surface area contributed by atoms with Crippen molar-refractivity contribution in [2.75, 3.05) is 7.11 Å². The Morgan fingerprint density at radius 3 is 2.36 bits per heavy atom. The minimum absolute atomic E-state index is 0.152. The van der Waals surface area contributed by atoms with Crippen LogP contribution in [0.4, 0.5) is 0 Å². The van der Waals surface area contributed by atoms with Crippen molar-refractivity contribution in [3.05, 3.63) is 52.7 Å². The van der Waals surface area contributed by atoms with Crippen LogP contribution in [0.15, 0.2) is 51.7 Å². The summed E-state index contributed by atoms with van der Waals surface area (Å²) in [5.41, 5.74) is -0.146. The molecular weight excluding hydrogens is 440 g/mol. The van der Waals surface area contributed by atoms with E-state index in [1.54, 1.807) is 30.3 Å². The first-order valence-electron chi connectivity index (χ1n) is 9.75. The summed E-state index contributed by atoms with van der Waals surface area (Å²) in [6.07, 6.45) is -9.31. The molecule has 11 heteroatoms. The number of fused-ring (bicyclic) bond motifs is 1. The maximum Gasteiger partial charge on any atom is 0.335 e. The second kappa shape index (κ2) is 8.71. The van der Waals surface area contributed by atoms with E-state index in [4.69, 9.17) is 18.6 Å². The molecule has 0 saturated carbocycles. The second-order valence-corrected chi connectivity index (χ2v) is 7.33. The molecule has 1 aliphatic heterocycles. The predicted molar refractivity (Wildman–Crippen MR) is 111 cm³/mol. The summed E-state index contributed by atoms with van der Waals surface area (Å²) in [7, 11) is 1.24. The average Bonchev–Trinajstić information content (AvgIpc) is 2.79. The van der Waals surface area contributed by atoms with E-state index in [0.29, 0.717) is 5.56 Å². The summed E-state index contributed by atoms with van der Waals surface area (Å²) < 4.78 is 21.8. The molecule has 1 aromatic heterocycles. The van der Waals surface area contributed by atoms with Gasteiger partial charge in [0.05, 0.1) is 7.11 Å². The highest BCUT2D eigenvalue weighted by atomic mass is 16.7. The van der Waals surface area contributed by atoms with Gasteiger partial charge in [0.15, 0.2) is 22.9 Å². The normalized spacial score (nSPS) is 25.0. The zero-order chi connectivity index (χ0) is 23.9. The number of rotatable bonds is 5. The van der Waals surface area contributed by atoms with Gasteiger partial charge in [-0.05, 0) is 0 Å². The van der Waals surface area contributed by atoms with Crippen molar-refractivity contribution < 1.29 is 49.0 Å². The summed E-state index contributed by atoms with van der Waals surface area (Å²) in [4.78, 5) is 24.0. The average molecular weight is 460 g/mol. The SMILES string of the molecule is COc1c(O[C@H]2O[C@@H](C(=O)O)[C@H](O)[C@@H](O)[C@@H]2O)cc(O)c2c(=O)cc(-c3ccccc3)oc12. The molecule has 0 unspecified atom stereocenters. The van der Waals surface area contributed by atoms with E-state index < -0.39 is 47.9 Å². The van der Waals surface area contributed by atoms with Crippen LogP contribution in [0, 0.1) is 0 Å². The molecule has 0 radical (unpaired) electrons. The molecule has 2 heterocycles. The van der Waals surface area contributed by atoms with Crippen LogP contribution < -0.4 is 14.9 Å². The molecule has 4 rings (SSSR count). The molecule has 5 atom stereocenters. The first kappa shape index (κ1) is 22.6. The van der Waals surface area contributed by atoms with Crippen LogP contribution in [0.2, 0.25) is 0 Å². The largest absolute Gasteiger partial charge is 0.507 e. The standard InChI is InChI=1S/C22H20O11/c1-30-18-13(32-22-17(27)15(25)16(26)20(33-22)21(28)29)8-11(24)14-10(23)7-12(31-19(14)18)9-5-3-2-4-6-9/h2-8,15-17,20,22,24-27H,1H3,(H,28,29)/t15-,16-,17+,20-,22+/m1/s1. The molecule has 33 heavy (non-hydrogen) atoms. The summed E-state index contributed by atoms with van der Waals surface area (Å²) in [6.45, 7) is 0. The van der Waals surface area contributed by atoms with Gasteiger partial charge in [0.1, 0.15) is 35.2 Å². The Bertz CT molecular complexity index is 1240. The van der Waals surface area contributed by atoms with Crippen molar-refractivity contribution in [2.24, 2.45) is 0 Å². The Kier molecular flexibility index (Phi) is 5.95. The lowest BCUT2D eigenvalue weighted by Crippen LogP contribution is -2.61. The van der Waals surface area contributed by atoms with Crippen molar-refractivity contribution in [3.63, 3.8) is 0 Å². The van der Waals surface area contributed by atoms with E-state index in [9.17, 15) is 35.1 Å². The zero-order valence-corrected chi connectivity index (χ0v) is 17.1. The highest BCUT2D eigenvalue weighted by Gasteiger charge is 2.48. The molecule has 1 saturated heterocycles. The number of aliphatic hydroxyl groups excluding tert-OH is 3. The highest BCUT2D eigenvalue weighted by molar-refractivity contribution is 5.91. The fraction of sp³-hybridized carbons (Fsp3) is 0.273. The molecule has 11 nitrogen and oxygen atoms in total. The Balaban J connectivity index is 1.81. The lowest BCUT2D eigenvalue weighted by atomic mass is 9.99. The number of hydrogen-bond acceptors (Lipinski definition) is 10. The van der Waals surface area contributed by atoms with Crippen LogP contribution in [0.5, 0.6) is 17.2 Å². The quantitative estimate of drug-likeness (QED) is 0.357. The minimum atomic E-state index is -1.91. The number of carboxylic acids is 1. The summed E-state index contributed by atoms with van der Waals surface area (Å²) in [6, 6.07) is 10.9. The number of phenols is 1. The lowest BCUT2D eigenvalue weighted by Gasteiger charge is -2.38. The van der Waals surface area contributed by atoms with Gasteiger partial charge in [0.2, 0.25) is 12.0 Å². The van der Waals surface area contributed by atoms with Gasteiger partial charge in [-0.2, -0.15) is 0 Å². The number of aliphatic hydroxyl groups is 3. The number of ether oxygens (including phenoxy) is 3. The van der Waals surface area contributed by atoms with Crippen LogP contribution in [-0.2, 0) is 9.53 Å². The fourth-order valence-corrected chi connectivity index (χ4v) is 3.57. The summed E-state index contributed by atoms with van der Waals surface area (Å²) in [5.74, 6) is -2.36. The zero-order valence-electron chi connectivity index (χ0n) is 17.1. The Labute approximate surface area is 185 Å². The monoisotopic (exact) mass is 460 g/mol. The molecule has 0 amide bonds. The third-order valence-electron chi connectivity index (χ3n) is 5.22.